The molecule has 330 valence electrons. The standard InChI is InChI=1S/C56H58N7.Pt/c1-53(2,3)37-27-28-57-48(33-37)63-44-22-15-14-21-40(44)41-26-25-36(30-47(41)63)51-58-50(35-19-18-20-39(29-35)62-34-61(13)45-23-16-17-24-46(45)62)59-52(60-51)49-42(55(7,8)9)31-38(54(4,5)6)32-43(49)56(10,11)12;/h14-28,31-34H,1-13H3;/q-3;. The summed E-state index contributed by atoms with van der Waals surface area (Å²) in [5, 5.41) is 2.22. The zero-order valence-electron chi connectivity index (χ0n) is 39.4. The molecule has 8 aromatic rings. The van der Waals surface area contributed by atoms with Crippen molar-refractivity contribution in [1.29, 1.82) is 0 Å². The van der Waals surface area contributed by atoms with E-state index in [1.807, 2.05) is 6.20 Å². The predicted octanol–water partition coefficient (Wildman–Crippen LogP) is 13.9. The van der Waals surface area contributed by atoms with Gasteiger partial charge < -0.3 is 19.4 Å². The maximum absolute atomic E-state index is 5.47. The monoisotopic (exact) mass is 1020 g/mol. The van der Waals surface area contributed by atoms with Gasteiger partial charge in [-0.15, -0.1) is 53.6 Å². The van der Waals surface area contributed by atoms with Crippen LogP contribution in [0.2, 0.25) is 0 Å². The first kappa shape index (κ1) is 44.9. The van der Waals surface area contributed by atoms with E-state index in [1.54, 1.807) is 0 Å². The van der Waals surface area contributed by atoms with Gasteiger partial charge >= 0.3 is 0 Å². The molecular weight excluding hydrogens is 966 g/mol. The van der Waals surface area contributed by atoms with Crippen molar-refractivity contribution in [1.82, 2.24) is 24.5 Å². The molecule has 3 aromatic heterocycles. The van der Waals surface area contributed by atoms with Gasteiger partial charge in [-0.1, -0.05) is 137 Å². The maximum Gasteiger partial charge on any atom is 0.144 e. The smallest absolute Gasteiger partial charge is 0.144 e. The minimum atomic E-state index is -0.221. The quantitative estimate of drug-likeness (QED) is 0.160. The molecule has 0 amide bonds. The van der Waals surface area contributed by atoms with Crippen LogP contribution in [0.4, 0.5) is 17.1 Å². The van der Waals surface area contributed by atoms with E-state index in [1.165, 1.54) is 22.3 Å². The van der Waals surface area contributed by atoms with Crippen LogP contribution in [0.5, 0.6) is 0 Å². The first-order valence-corrected chi connectivity index (χ1v) is 22.0. The van der Waals surface area contributed by atoms with Crippen LogP contribution < -0.4 is 9.80 Å². The Kier molecular flexibility index (Phi) is 11.3. The van der Waals surface area contributed by atoms with Crippen LogP contribution in [0.15, 0.2) is 109 Å². The van der Waals surface area contributed by atoms with Crippen LogP contribution in [0, 0.1) is 18.8 Å². The summed E-state index contributed by atoms with van der Waals surface area (Å²) >= 11 is 0. The Bertz CT molecular complexity index is 3030. The third-order valence-electron chi connectivity index (χ3n) is 12.2. The van der Waals surface area contributed by atoms with Crippen molar-refractivity contribution in [3.63, 3.8) is 0 Å². The Labute approximate surface area is 394 Å². The average molecular weight is 1020 g/mol. The molecule has 9 rings (SSSR count). The van der Waals surface area contributed by atoms with E-state index in [4.69, 9.17) is 19.9 Å². The summed E-state index contributed by atoms with van der Waals surface area (Å²) in [4.78, 5) is 25.5. The first-order chi connectivity index (χ1) is 29.7. The number of hydrogen-bond donors (Lipinski definition) is 0. The summed E-state index contributed by atoms with van der Waals surface area (Å²) in [5.74, 6) is 2.57. The summed E-state index contributed by atoms with van der Waals surface area (Å²) in [6, 6.07) is 44.1. The summed E-state index contributed by atoms with van der Waals surface area (Å²) < 4.78 is 2.23. The molecule has 0 bridgehead atoms. The van der Waals surface area contributed by atoms with Gasteiger partial charge in [0.25, 0.3) is 0 Å². The zero-order valence-corrected chi connectivity index (χ0v) is 41.7. The van der Waals surface area contributed by atoms with Crippen molar-refractivity contribution < 1.29 is 21.1 Å². The number of rotatable bonds is 5. The van der Waals surface area contributed by atoms with Crippen LogP contribution in [0.1, 0.15) is 105 Å². The van der Waals surface area contributed by atoms with E-state index in [0.29, 0.717) is 17.5 Å². The number of anilines is 3. The van der Waals surface area contributed by atoms with E-state index >= 15 is 0 Å². The number of aromatic nitrogens is 5. The minimum Gasteiger partial charge on any atom is -0.504 e. The van der Waals surface area contributed by atoms with Gasteiger partial charge in [-0.2, -0.15) is 6.67 Å². The van der Waals surface area contributed by atoms with Crippen molar-refractivity contribution >= 4 is 38.9 Å². The summed E-state index contributed by atoms with van der Waals surface area (Å²) in [5.41, 5.74) is 12.1. The largest absolute Gasteiger partial charge is 0.504 e. The maximum atomic E-state index is 5.47. The number of hydrogen-bond acceptors (Lipinski definition) is 6. The molecule has 7 nitrogen and oxygen atoms in total. The molecule has 0 saturated carbocycles. The van der Waals surface area contributed by atoms with Crippen LogP contribution in [0.3, 0.4) is 0 Å². The van der Waals surface area contributed by atoms with E-state index in [0.717, 1.165) is 61.4 Å². The van der Waals surface area contributed by atoms with Gasteiger partial charge in [-0.05, 0) is 92.2 Å². The molecule has 4 heterocycles. The van der Waals surface area contributed by atoms with Crippen LogP contribution >= 0.6 is 0 Å². The number of benzene rings is 5. The second-order valence-electron chi connectivity index (χ2n) is 21.2. The van der Waals surface area contributed by atoms with Crippen molar-refractivity contribution in [2.75, 3.05) is 16.8 Å². The molecule has 0 unspecified atom stereocenters. The molecule has 0 N–H and O–H groups in total. The van der Waals surface area contributed by atoms with Crippen molar-refractivity contribution in [3.8, 4) is 40.0 Å². The second kappa shape index (κ2) is 16.1. The SMILES string of the molecule is CN1[CH-]N(c2[c-]c(-c3nc(-c4[c-]c5c(cc4)c4ccccc4n5-c4cc(C(C)(C)C)ccn4)nc(-c4c(C(C)(C)C)cc(C(C)(C)C)cc4C(C)(C)C)n3)ccc2)c2ccccc21.[Pt]. The van der Waals surface area contributed by atoms with E-state index < -0.39 is 0 Å². The van der Waals surface area contributed by atoms with Gasteiger partial charge in [0.05, 0.1) is 11.6 Å². The molecular formula is C56H58N7Pt-3. The molecule has 0 spiro atoms. The minimum absolute atomic E-state index is 0. The molecule has 0 fully saturated rings. The van der Waals surface area contributed by atoms with Gasteiger partial charge in [-0.3, -0.25) is 9.97 Å². The van der Waals surface area contributed by atoms with Gasteiger partial charge in [0.1, 0.15) is 11.6 Å². The Hall–Kier alpha value is -5.65. The zero-order chi connectivity index (χ0) is 44.8. The fourth-order valence-electron chi connectivity index (χ4n) is 8.68. The number of fused-ring (bicyclic) bond motifs is 4. The predicted molar refractivity (Wildman–Crippen MR) is 262 cm³/mol. The van der Waals surface area contributed by atoms with E-state index in [2.05, 4.69) is 226 Å². The molecule has 5 aromatic carbocycles. The summed E-state index contributed by atoms with van der Waals surface area (Å²) in [6.07, 6.45) is 1.91. The van der Waals surface area contributed by atoms with Gasteiger partial charge in [-0.25, -0.2) is 4.98 Å². The summed E-state index contributed by atoms with van der Waals surface area (Å²) in [7, 11) is 2.07. The Balaban J connectivity index is 0.00000560. The van der Waals surface area contributed by atoms with Gasteiger partial charge in [0, 0.05) is 49.7 Å². The normalized spacial score (nSPS) is 13.5. The van der Waals surface area contributed by atoms with Crippen LogP contribution in [-0.4, -0.2) is 31.6 Å². The number of nitrogens with zero attached hydrogens (tertiary/aromatic N) is 7. The Morgan fingerprint density at radius 2 is 1.12 bits per heavy atom. The summed E-state index contributed by atoms with van der Waals surface area (Å²) in [6.45, 7) is 29.4. The molecule has 8 heteroatoms. The van der Waals surface area contributed by atoms with Gasteiger partial charge in [0.15, 0.2) is 0 Å². The van der Waals surface area contributed by atoms with Crippen molar-refractivity contribution in [2.45, 2.75) is 105 Å². The van der Waals surface area contributed by atoms with Crippen molar-refractivity contribution in [2.24, 2.45) is 0 Å². The second-order valence-corrected chi connectivity index (χ2v) is 21.2. The van der Waals surface area contributed by atoms with E-state index in [9.17, 15) is 0 Å². The van der Waals surface area contributed by atoms with Gasteiger partial charge in [0.2, 0.25) is 0 Å². The fourth-order valence-corrected chi connectivity index (χ4v) is 8.68. The third-order valence-corrected chi connectivity index (χ3v) is 12.2. The van der Waals surface area contributed by atoms with Crippen LogP contribution in [-0.2, 0) is 42.7 Å². The molecule has 0 atom stereocenters. The molecule has 1 aliphatic heterocycles. The fraction of sp³-hybridized carbons (Fsp3) is 0.304. The molecule has 1 aliphatic rings. The number of pyridine rings is 1. The Morgan fingerprint density at radius 3 is 1.77 bits per heavy atom. The molecule has 64 heavy (non-hydrogen) atoms. The Morgan fingerprint density at radius 1 is 0.531 bits per heavy atom. The van der Waals surface area contributed by atoms with Crippen molar-refractivity contribution in [3.05, 3.63) is 150 Å². The van der Waals surface area contributed by atoms with E-state index in [-0.39, 0.29) is 42.7 Å². The molecule has 0 saturated heterocycles. The average Bonchev–Trinajstić information content (AvgIpc) is 3.76. The third kappa shape index (κ3) is 8.17. The topological polar surface area (TPSA) is 63.0 Å². The molecule has 0 aliphatic carbocycles. The first-order valence-electron chi connectivity index (χ1n) is 22.0. The van der Waals surface area contributed by atoms with Crippen LogP contribution in [0.25, 0.3) is 61.8 Å². The number of para-hydroxylation sites is 3. The molecule has 0 radical (unpaired) electrons.